The zero-order valence-corrected chi connectivity index (χ0v) is 10.2. The average Bonchev–Trinajstić information content (AvgIpc) is 2.84. The summed E-state index contributed by atoms with van der Waals surface area (Å²) < 4.78 is 5.35. The normalized spacial score (nSPS) is 19.8. The van der Waals surface area contributed by atoms with Gasteiger partial charge >= 0.3 is 0 Å². The monoisotopic (exact) mass is 221 g/mol. The van der Waals surface area contributed by atoms with E-state index in [1.165, 1.54) is 38.5 Å². The highest BCUT2D eigenvalue weighted by molar-refractivity contribution is 4.98. The molecule has 2 nitrogen and oxygen atoms in total. The van der Waals surface area contributed by atoms with E-state index in [9.17, 15) is 0 Å². The second kappa shape index (κ2) is 6.09. The van der Waals surface area contributed by atoms with Crippen LogP contribution in [-0.4, -0.2) is 6.04 Å². The zero-order chi connectivity index (χ0) is 11.2. The minimum Gasteiger partial charge on any atom is -0.468 e. The van der Waals surface area contributed by atoms with Gasteiger partial charge in [-0.1, -0.05) is 26.2 Å². The highest BCUT2D eigenvalue weighted by Gasteiger charge is 2.21. The van der Waals surface area contributed by atoms with Gasteiger partial charge in [-0.3, -0.25) is 0 Å². The molecule has 1 aromatic rings. The lowest BCUT2D eigenvalue weighted by molar-refractivity contribution is 0.257. The van der Waals surface area contributed by atoms with Gasteiger partial charge in [0, 0.05) is 6.04 Å². The van der Waals surface area contributed by atoms with E-state index in [0.29, 0.717) is 6.04 Å². The van der Waals surface area contributed by atoms with Crippen molar-refractivity contribution in [3.05, 3.63) is 24.2 Å². The molecule has 1 aliphatic carbocycles. The lowest BCUT2D eigenvalue weighted by Crippen LogP contribution is -2.36. The number of nitrogens with one attached hydrogen (secondary N) is 1. The standard InChI is InChI=1S/C14H23NO/c1-2-14(12-7-4-3-5-8-12)15-11-13-9-6-10-16-13/h6,9-10,12,14-15H,2-5,7-8,11H2,1H3. The van der Waals surface area contributed by atoms with E-state index in [1.807, 2.05) is 12.1 Å². The van der Waals surface area contributed by atoms with Crippen LogP contribution < -0.4 is 5.32 Å². The van der Waals surface area contributed by atoms with Crippen LogP contribution in [0.1, 0.15) is 51.2 Å². The van der Waals surface area contributed by atoms with Crippen molar-refractivity contribution in [2.45, 2.75) is 58.0 Å². The van der Waals surface area contributed by atoms with Crippen molar-refractivity contribution in [3.8, 4) is 0 Å². The van der Waals surface area contributed by atoms with E-state index >= 15 is 0 Å². The van der Waals surface area contributed by atoms with Crippen molar-refractivity contribution < 1.29 is 4.42 Å². The summed E-state index contributed by atoms with van der Waals surface area (Å²) in [6.07, 6.45) is 10.1. The molecule has 0 amide bonds. The molecule has 16 heavy (non-hydrogen) atoms. The molecule has 1 heterocycles. The minimum atomic E-state index is 0.672. The molecule has 0 saturated heterocycles. The lowest BCUT2D eigenvalue weighted by Gasteiger charge is -2.30. The molecule has 0 spiro atoms. The summed E-state index contributed by atoms with van der Waals surface area (Å²) >= 11 is 0. The van der Waals surface area contributed by atoms with E-state index in [1.54, 1.807) is 6.26 Å². The minimum absolute atomic E-state index is 0.672. The van der Waals surface area contributed by atoms with Crippen LogP contribution in [0.3, 0.4) is 0 Å². The van der Waals surface area contributed by atoms with Gasteiger partial charge in [0.15, 0.2) is 0 Å². The summed E-state index contributed by atoms with van der Waals surface area (Å²) in [4.78, 5) is 0. The maximum atomic E-state index is 5.35. The van der Waals surface area contributed by atoms with Gasteiger partial charge in [0.05, 0.1) is 12.8 Å². The van der Waals surface area contributed by atoms with Crippen molar-refractivity contribution in [3.63, 3.8) is 0 Å². The summed E-state index contributed by atoms with van der Waals surface area (Å²) in [5, 5.41) is 3.65. The Balaban J connectivity index is 1.80. The van der Waals surface area contributed by atoms with E-state index < -0.39 is 0 Å². The Morgan fingerprint density at radius 3 is 2.81 bits per heavy atom. The average molecular weight is 221 g/mol. The molecule has 90 valence electrons. The molecule has 0 aromatic carbocycles. The molecule has 1 N–H and O–H groups in total. The molecule has 1 fully saturated rings. The molecule has 1 aromatic heterocycles. The largest absolute Gasteiger partial charge is 0.468 e. The number of hydrogen-bond donors (Lipinski definition) is 1. The topological polar surface area (TPSA) is 25.2 Å². The van der Waals surface area contributed by atoms with Crippen molar-refractivity contribution >= 4 is 0 Å². The summed E-state index contributed by atoms with van der Waals surface area (Å²) in [5.41, 5.74) is 0. The highest BCUT2D eigenvalue weighted by atomic mass is 16.3. The second-order valence-corrected chi connectivity index (χ2v) is 4.87. The zero-order valence-electron chi connectivity index (χ0n) is 10.2. The quantitative estimate of drug-likeness (QED) is 0.819. The maximum absolute atomic E-state index is 5.35. The first-order valence-corrected chi connectivity index (χ1v) is 6.66. The predicted molar refractivity (Wildman–Crippen MR) is 66.2 cm³/mol. The summed E-state index contributed by atoms with van der Waals surface area (Å²) in [5.74, 6) is 1.93. The van der Waals surface area contributed by atoms with Gasteiger partial charge in [0.25, 0.3) is 0 Å². The van der Waals surface area contributed by atoms with Gasteiger partial charge in [0.2, 0.25) is 0 Å². The Bertz CT molecular complexity index is 275. The Kier molecular flexibility index (Phi) is 4.46. The molecule has 1 atom stereocenters. The Morgan fingerprint density at radius 1 is 1.38 bits per heavy atom. The fraction of sp³-hybridized carbons (Fsp3) is 0.714. The SMILES string of the molecule is CCC(NCc1ccco1)C1CCCCC1. The van der Waals surface area contributed by atoms with E-state index in [4.69, 9.17) is 4.42 Å². The molecular weight excluding hydrogens is 198 g/mol. The van der Waals surface area contributed by atoms with Crippen LogP contribution in [0.25, 0.3) is 0 Å². The molecular formula is C14H23NO. The van der Waals surface area contributed by atoms with Crippen LogP contribution in [0, 0.1) is 5.92 Å². The van der Waals surface area contributed by atoms with Crippen LogP contribution in [0.4, 0.5) is 0 Å². The summed E-state index contributed by atoms with van der Waals surface area (Å²) in [6.45, 7) is 3.16. The van der Waals surface area contributed by atoms with Gasteiger partial charge < -0.3 is 9.73 Å². The van der Waals surface area contributed by atoms with Crippen LogP contribution in [0.15, 0.2) is 22.8 Å². The van der Waals surface area contributed by atoms with E-state index in [2.05, 4.69) is 12.2 Å². The third-order valence-corrected chi connectivity index (χ3v) is 3.78. The first-order valence-electron chi connectivity index (χ1n) is 6.66. The van der Waals surface area contributed by atoms with Crippen LogP contribution in [0.5, 0.6) is 0 Å². The number of rotatable bonds is 5. The first kappa shape index (κ1) is 11.7. The fourth-order valence-electron chi connectivity index (χ4n) is 2.83. The predicted octanol–water partition coefficient (Wildman–Crippen LogP) is 3.73. The van der Waals surface area contributed by atoms with Crippen molar-refractivity contribution in [2.75, 3.05) is 0 Å². The smallest absolute Gasteiger partial charge is 0.117 e. The molecule has 2 rings (SSSR count). The van der Waals surface area contributed by atoms with Gasteiger partial charge in [-0.2, -0.15) is 0 Å². The van der Waals surface area contributed by atoms with Crippen molar-refractivity contribution in [2.24, 2.45) is 5.92 Å². The van der Waals surface area contributed by atoms with Crippen molar-refractivity contribution in [1.29, 1.82) is 0 Å². The fourth-order valence-corrected chi connectivity index (χ4v) is 2.83. The van der Waals surface area contributed by atoms with Gasteiger partial charge in [0.1, 0.15) is 5.76 Å². The molecule has 1 aliphatic rings. The van der Waals surface area contributed by atoms with E-state index in [-0.39, 0.29) is 0 Å². The molecule has 0 aliphatic heterocycles. The molecule has 1 unspecified atom stereocenters. The second-order valence-electron chi connectivity index (χ2n) is 4.87. The molecule has 0 radical (unpaired) electrons. The first-order chi connectivity index (χ1) is 7.90. The maximum Gasteiger partial charge on any atom is 0.117 e. The van der Waals surface area contributed by atoms with Gasteiger partial charge in [-0.15, -0.1) is 0 Å². The van der Waals surface area contributed by atoms with Gasteiger partial charge in [-0.05, 0) is 37.3 Å². The Morgan fingerprint density at radius 2 is 2.19 bits per heavy atom. The van der Waals surface area contributed by atoms with Crippen LogP contribution >= 0.6 is 0 Å². The molecule has 0 bridgehead atoms. The number of hydrogen-bond acceptors (Lipinski definition) is 2. The summed E-state index contributed by atoms with van der Waals surface area (Å²) in [6, 6.07) is 4.67. The Labute approximate surface area is 98.4 Å². The number of furan rings is 1. The highest BCUT2D eigenvalue weighted by Crippen LogP contribution is 2.27. The van der Waals surface area contributed by atoms with E-state index in [0.717, 1.165) is 18.2 Å². The molecule has 2 heteroatoms. The van der Waals surface area contributed by atoms with Crippen molar-refractivity contribution in [1.82, 2.24) is 5.32 Å². The summed E-state index contributed by atoms with van der Waals surface area (Å²) in [7, 11) is 0. The third-order valence-electron chi connectivity index (χ3n) is 3.78. The lowest BCUT2D eigenvalue weighted by atomic mass is 9.83. The Hall–Kier alpha value is -0.760. The van der Waals surface area contributed by atoms with Gasteiger partial charge in [-0.25, -0.2) is 0 Å². The van der Waals surface area contributed by atoms with Crippen LogP contribution in [-0.2, 0) is 6.54 Å². The van der Waals surface area contributed by atoms with Crippen LogP contribution in [0.2, 0.25) is 0 Å². The molecule has 1 saturated carbocycles. The third kappa shape index (κ3) is 3.11.